The zero-order valence-corrected chi connectivity index (χ0v) is 12.1. The predicted octanol–water partition coefficient (Wildman–Crippen LogP) is 0.557. The van der Waals surface area contributed by atoms with Crippen LogP contribution in [0.3, 0.4) is 0 Å². The van der Waals surface area contributed by atoms with Crippen LogP contribution in [-0.2, 0) is 14.3 Å². The number of hydrogen-bond donors (Lipinski definition) is 2. The van der Waals surface area contributed by atoms with Crippen molar-refractivity contribution in [1.82, 2.24) is 4.90 Å². The first kappa shape index (κ1) is 16.7. The number of oxime groups is 1. The SMILES string of the molecule is COCCN(CCC(N)=NO)C(=O)CCC1CCCO1. The molecular weight excluding hydrogens is 262 g/mol. The van der Waals surface area contributed by atoms with Crippen LogP contribution in [0.2, 0.25) is 0 Å². The van der Waals surface area contributed by atoms with Gasteiger partial charge in [-0.05, 0) is 19.3 Å². The van der Waals surface area contributed by atoms with Crippen molar-refractivity contribution in [2.75, 3.05) is 33.4 Å². The van der Waals surface area contributed by atoms with Crippen molar-refractivity contribution >= 4 is 11.7 Å². The lowest BCUT2D eigenvalue weighted by Gasteiger charge is -2.22. The minimum Gasteiger partial charge on any atom is -0.409 e. The predicted molar refractivity (Wildman–Crippen MR) is 74.7 cm³/mol. The van der Waals surface area contributed by atoms with Gasteiger partial charge < -0.3 is 25.3 Å². The normalized spacial score (nSPS) is 19.2. The van der Waals surface area contributed by atoms with Crippen molar-refractivity contribution in [3.63, 3.8) is 0 Å². The number of carbonyl (C=O) groups is 1. The highest BCUT2D eigenvalue weighted by Crippen LogP contribution is 2.17. The van der Waals surface area contributed by atoms with Crippen molar-refractivity contribution in [2.45, 2.75) is 38.2 Å². The molecule has 1 heterocycles. The molecule has 7 heteroatoms. The average Bonchev–Trinajstić information content (AvgIpc) is 2.97. The van der Waals surface area contributed by atoms with E-state index in [4.69, 9.17) is 20.4 Å². The number of nitrogens with zero attached hydrogens (tertiary/aromatic N) is 2. The molecule has 7 nitrogen and oxygen atoms in total. The van der Waals surface area contributed by atoms with Gasteiger partial charge in [0.05, 0.1) is 12.7 Å². The number of amidine groups is 1. The Morgan fingerprint density at radius 2 is 2.30 bits per heavy atom. The standard InChI is InChI=1S/C13H25N3O4/c1-19-10-8-16(7-6-12(14)15-18)13(17)5-4-11-3-2-9-20-11/h11,18H,2-10H2,1H3,(H2,14,15). The van der Waals surface area contributed by atoms with Gasteiger partial charge in [0.2, 0.25) is 5.91 Å². The van der Waals surface area contributed by atoms with Crippen LogP contribution in [0, 0.1) is 0 Å². The Hall–Kier alpha value is -1.34. The average molecular weight is 287 g/mol. The minimum atomic E-state index is 0.0586. The summed E-state index contributed by atoms with van der Waals surface area (Å²) in [6.07, 6.45) is 3.90. The lowest BCUT2D eigenvalue weighted by molar-refractivity contribution is -0.132. The van der Waals surface area contributed by atoms with Crippen LogP contribution < -0.4 is 5.73 Å². The van der Waals surface area contributed by atoms with Crippen molar-refractivity contribution < 1.29 is 19.5 Å². The number of nitrogens with two attached hydrogens (primary N) is 1. The molecule has 116 valence electrons. The molecule has 0 aliphatic carbocycles. The van der Waals surface area contributed by atoms with E-state index in [9.17, 15) is 4.79 Å². The summed E-state index contributed by atoms with van der Waals surface area (Å²) in [4.78, 5) is 13.9. The quantitative estimate of drug-likeness (QED) is 0.279. The third-order valence-electron chi connectivity index (χ3n) is 3.39. The number of methoxy groups -OCH3 is 1. The number of hydrogen-bond acceptors (Lipinski definition) is 5. The van der Waals surface area contributed by atoms with E-state index < -0.39 is 0 Å². The molecule has 20 heavy (non-hydrogen) atoms. The summed E-state index contributed by atoms with van der Waals surface area (Å²) in [5, 5.41) is 11.4. The van der Waals surface area contributed by atoms with E-state index in [0.29, 0.717) is 32.5 Å². The van der Waals surface area contributed by atoms with Gasteiger partial charge in [-0.2, -0.15) is 0 Å². The summed E-state index contributed by atoms with van der Waals surface area (Å²) >= 11 is 0. The summed E-state index contributed by atoms with van der Waals surface area (Å²) in [5.74, 6) is 0.183. The van der Waals surface area contributed by atoms with Gasteiger partial charge in [-0.3, -0.25) is 4.79 Å². The first-order valence-corrected chi connectivity index (χ1v) is 7.02. The topological polar surface area (TPSA) is 97.4 Å². The monoisotopic (exact) mass is 287 g/mol. The van der Waals surface area contributed by atoms with Crippen LogP contribution >= 0.6 is 0 Å². The molecule has 1 atom stereocenters. The highest BCUT2D eigenvalue weighted by molar-refractivity contribution is 5.81. The number of amides is 1. The second-order valence-electron chi connectivity index (χ2n) is 4.89. The van der Waals surface area contributed by atoms with E-state index in [2.05, 4.69) is 5.16 Å². The Labute approximate surface area is 119 Å². The van der Waals surface area contributed by atoms with Crippen LogP contribution in [0.1, 0.15) is 32.1 Å². The van der Waals surface area contributed by atoms with E-state index in [1.165, 1.54) is 0 Å². The van der Waals surface area contributed by atoms with Crippen LogP contribution in [-0.4, -0.2) is 61.4 Å². The summed E-state index contributed by atoms with van der Waals surface area (Å²) in [6.45, 7) is 2.22. The lowest BCUT2D eigenvalue weighted by atomic mass is 10.1. The molecule has 1 saturated heterocycles. The van der Waals surface area contributed by atoms with E-state index in [1.807, 2.05) is 0 Å². The summed E-state index contributed by atoms with van der Waals surface area (Å²) in [5.41, 5.74) is 5.43. The summed E-state index contributed by atoms with van der Waals surface area (Å²) in [7, 11) is 1.60. The van der Waals surface area contributed by atoms with Gasteiger partial charge in [-0.1, -0.05) is 5.16 Å². The van der Waals surface area contributed by atoms with Crippen molar-refractivity contribution in [1.29, 1.82) is 0 Å². The summed E-state index contributed by atoms with van der Waals surface area (Å²) < 4.78 is 10.5. The molecular formula is C13H25N3O4. The fraction of sp³-hybridized carbons (Fsp3) is 0.846. The van der Waals surface area contributed by atoms with E-state index in [1.54, 1.807) is 12.0 Å². The minimum absolute atomic E-state index is 0.0586. The number of carbonyl (C=O) groups excluding carboxylic acids is 1. The number of rotatable bonds is 9. The fourth-order valence-corrected chi connectivity index (χ4v) is 2.18. The molecule has 0 bridgehead atoms. The molecule has 1 fully saturated rings. The molecule has 0 radical (unpaired) electrons. The Morgan fingerprint density at radius 3 is 2.90 bits per heavy atom. The smallest absolute Gasteiger partial charge is 0.222 e. The molecule has 1 amide bonds. The molecule has 0 saturated carbocycles. The zero-order chi connectivity index (χ0) is 14.8. The maximum Gasteiger partial charge on any atom is 0.222 e. The lowest BCUT2D eigenvalue weighted by Crippen LogP contribution is -2.36. The van der Waals surface area contributed by atoms with Crippen molar-refractivity contribution in [3.8, 4) is 0 Å². The van der Waals surface area contributed by atoms with Gasteiger partial charge in [0.15, 0.2) is 0 Å². The highest BCUT2D eigenvalue weighted by Gasteiger charge is 2.19. The molecule has 0 aromatic heterocycles. The van der Waals surface area contributed by atoms with Crippen LogP contribution in [0.15, 0.2) is 5.16 Å². The Kier molecular flexibility index (Phi) is 7.98. The first-order chi connectivity index (χ1) is 9.67. The molecule has 0 aromatic rings. The van der Waals surface area contributed by atoms with Crippen LogP contribution in [0.5, 0.6) is 0 Å². The van der Waals surface area contributed by atoms with Crippen LogP contribution in [0.25, 0.3) is 0 Å². The molecule has 1 aliphatic rings. The summed E-state index contributed by atoms with van der Waals surface area (Å²) in [6, 6.07) is 0. The van der Waals surface area contributed by atoms with E-state index >= 15 is 0 Å². The Bertz CT molecular complexity index is 317. The van der Waals surface area contributed by atoms with Gasteiger partial charge in [-0.25, -0.2) is 0 Å². The van der Waals surface area contributed by atoms with Gasteiger partial charge >= 0.3 is 0 Å². The Morgan fingerprint density at radius 1 is 1.50 bits per heavy atom. The maximum atomic E-state index is 12.2. The van der Waals surface area contributed by atoms with Crippen LogP contribution in [0.4, 0.5) is 0 Å². The Balaban J connectivity index is 2.36. The molecule has 1 unspecified atom stereocenters. The highest BCUT2D eigenvalue weighted by atomic mass is 16.5. The molecule has 0 aromatic carbocycles. The van der Waals surface area contributed by atoms with Gasteiger partial charge in [0.1, 0.15) is 5.84 Å². The maximum absolute atomic E-state index is 12.2. The fourth-order valence-electron chi connectivity index (χ4n) is 2.18. The van der Waals surface area contributed by atoms with Gasteiger partial charge in [0, 0.05) is 39.6 Å². The molecule has 3 N–H and O–H groups in total. The molecule has 1 rings (SSSR count). The second-order valence-corrected chi connectivity index (χ2v) is 4.89. The second kappa shape index (κ2) is 9.55. The van der Waals surface area contributed by atoms with Crippen molar-refractivity contribution in [3.05, 3.63) is 0 Å². The molecule has 1 aliphatic heterocycles. The zero-order valence-electron chi connectivity index (χ0n) is 12.1. The third kappa shape index (κ3) is 6.21. The largest absolute Gasteiger partial charge is 0.409 e. The number of ether oxygens (including phenoxy) is 2. The van der Waals surface area contributed by atoms with Gasteiger partial charge in [0.25, 0.3) is 0 Å². The van der Waals surface area contributed by atoms with Gasteiger partial charge in [-0.15, -0.1) is 0 Å². The van der Waals surface area contributed by atoms with Crippen molar-refractivity contribution in [2.24, 2.45) is 10.9 Å². The first-order valence-electron chi connectivity index (χ1n) is 7.02. The molecule has 0 spiro atoms. The third-order valence-corrected chi connectivity index (χ3v) is 3.39. The van der Waals surface area contributed by atoms with E-state index in [-0.39, 0.29) is 17.8 Å². The van der Waals surface area contributed by atoms with E-state index in [0.717, 1.165) is 25.9 Å².